The monoisotopic (exact) mass is 111 g/mol. The summed E-state index contributed by atoms with van der Waals surface area (Å²) in [6.45, 7) is 0. The van der Waals surface area contributed by atoms with Gasteiger partial charge >= 0.3 is 0 Å². The van der Waals surface area contributed by atoms with Gasteiger partial charge < -0.3 is 0 Å². The minimum atomic E-state index is 0.649. The van der Waals surface area contributed by atoms with E-state index < -0.39 is 0 Å². The second kappa shape index (κ2) is 2.85. The lowest BCUT2D eigenvalue weighted by Crippen LogP contribution is -1.77. The first-order chi connectivity index (χ1) is 3.93. The van der Waals surface area contributed by atoms with Crippen molar-refractivity contribution < 1.29 is 4.79 Å². The van der Waals surface area contributed by atoms with E-state index in [1.165, 1.54) is 19.3 Å². The van der Waals surface area contributed by atoms with Crippen LogP contribution in [0.4, 0.5) is 0 Å². The first-order valence-electron chi connectivity index (χ1n) is 3.28. The second-order valence-corrected chi connectivity index (χ2v) is 2.48. The van der Waals surface area contributed by atoms with E-state index in [1.54, 1.807) is 0 Å². The molecule has 0 aromatic carbocycles. The van der Waals surface area contributed by atoms with Crippen molar-refractivity contribution in [3.63, 3.8) is 0 Å². The number of unbranched alkanes of at least 4 members (excludes halogenated alkanes) is 1. The summed E-state index contributed by atoms with van der Waals surface area (Å²) in [6.07, 6.45) is 7.68. The highest BCUT2D eigenvalue weighted by atomic mass is 16.1. The molecule has 0 bridgehead atoms. The minimum Gasteiger partial charge on any atom is -0.291 e. The molecule has 1 aliphatic rings. The van der Waals surface area contributed by atoms with Gasteiger partial charge in [0.25, 0.3) is 0 Å². The van der Waals surface area contributed by atoms with Crippen LogP contribution in [0.2, 0.25) is 0 Å². The standard InChI is InChI=1S/C7H11O/c8-6-2-1-3-7-4-5-7/h7H,1-5H2. The van der Waals surface area contributed by atoms with Crippen molar-refractivity contribution in [1.29, 1.82) is 0 Å². The van der Waals surface area contributed by atoms with Crippen LogP contribution in [0.25, 0.3) is 0 Å². The van der Waals surface area contributed by atoms with E-state index in [0.29, 0.717) is 6.42 Å². The molecule has 0 unspecified atom stereocenters. The molecule has 1 radical (unpaired) electrons. The molecule has 0 N–H and O–H groups in total. The average Bonchev–Trinajstić information content (AvgIpc) is 2.51. The summed E-state index contributed by atoms with van der Waals surface area (Å²) in [5, 5.41) is 0. The molecule has 0 spiro atoms. The highest BCUT2D eigenvalue weighted by Crippen LogP contribution is 2.33. The summed E-state index contributed by atoms with van der Waals surface area (Å²) < 4.78 is 0. The van der Waals surface area contributed by atoms with Crippen LogP contribution in [0.15, 0.2) is 0 Å². The lowest BCUT2D eigenvalue weighted by atomic mass is 10.2. The fourth-order valence-corrected chi connectivity index (χ4v) is 0.869. The molecule has 1 saturated carbocycles. The molecular formula is C7H11O. The molecule has 0 aliphatic heterocycles. The molecule has 0 atom stereocenters. The third kappa shape index (κ3) is 2.10. The van der Waals surface area contributed by atoms with Crippen LogP contribution in [0.3, 0.4) is 0 Å². The molecular weight excluding hydrogens is 100 g/mol. The Morgan fingerprint density at radius 3 is 2.75 bits per heavy atom. The van der Waals surface area contributed by atoms with E-state index in [4.69, 9.17) is 0 Å². The highest BCUT2D eigenvalue weighted by molar-refractivity contribution is 5.50. The summed E-state index contributed by atoms with van der Waals surface area (Å²) in [4.78, 5) is 9.68. The summed E-state index contributed by atoms with van der Waals surface area (Å²) in [6, 6.07) is 0. The maximum atomic E-state index is 9.68. The zero-order valence-corrected chi connectivity index (χ0v) is 5.02. The molecule has 0 saturated heterocycles. The zero-order valence-electron chi connectivity index (χ0n) is 5.02. The Labute approximate surface area is 50.1 Å². The summed E-state index contributed by atoms with van der Waals surface area (Å²) in [5.74, 6) is 0.975. The average molecular weight is 111 g/mol. The van der Waals surface area contributed by atoms with Gasteiger partial charge in [0.05, 0.1) is 0 Å². The van der Waals surface area contributed by atoms with E-state index in [2.05, 4.69) is 0 Å². The third-order valence-electron chi connectivity index (χ3n) is 1.59. The Morgan fingerprint density at radius 2 is 2.25 bits per heavy atom. The number of rotatable bonds is 4. The number of carbonyl (C=O) groups excluding carboxylic acids is 1. The molecule has 1 nitrogen and oxygen atoms in total. The molecule has 1 heteroatoms. The smallest absolute Gasteiger partial charge is 0.198 e. The first-order valence-corrected chi connectivity index (χ1v) is 3.28. The van der Waals surface area contributed by atoms with Gasteiger partial charge in [0.1, 0.15) is 0 Å². The van der Waals surface area contributed by atoms with Crippen molar-refractivity contribution in [2.75, 3.05) is 0 Å². The summed E-state index contributed by atoms with van der Waals surface area (Å²) in [5.41, 5.74) is 0. The van der Waals surface area contributed by atoms with Crippen LogP contribution in [0.1, 0.15) is 32.1 Å². The van der Waals surface area contributed by atoms with E-state index in [1.807, 2.05) is 6.29 Å². The van der Waals surface area contributed by atoms with Crippen LogP contribution >= 0.6 is 0 Å². The highest BCUT2D eigenvalue weighted by Gasteiger charge is 2.19. The van der Waals surface area contributed by atoms with E-state index in [-0.39, 0.29) is 0 Å². The van der Waals surface area contributed by atoms with Gasteiger partial charge in [0, 0.05) is 6.42 Å². The Bertz CT molecular complexity index is 74.5. The van der Waals surface area contributed by atoms with Gasteiger partial charge in [0.2, 0.25) is 0 Å². The van der Waals surface area contributed by atoms with Crippen LogP contribution in [-0.2, 0) is 4.79 Å². The van der Waals surface area contributed by atoms with Crippen molar-refractivity contribution in [3.8, 4) is 0 Å². The Kier molecular flexibility index (Phi) is 2.07. The van der Waals surface area contributed by atoms with Crippen molar-refractivity contribution in [2.45, 2.75) is 32.1 Å². The van der Waals surface area contributed by atoms with Gasteiger partial charge in [-0.2, -0.15) is 0 Å². The molecule has 0 aromatic rings. The topological polar surface area (TPSA) is 17.1 Å². The van der Waals surface area contributed by atoms with Crippen molar-refractivity contribution in [1.82, 2.24) is 0 Å². The molecule has 8 heavy (non-hydrogen) atoms. The maximum Gasteiger partial charge on any atom is 0.198 e. The Hall–Kier alpha value is -0.330. The van der Waals surface area contributed by atoms with Crippen LogP contribution in [-0.4, -0.2) is 6.29 Å². The molecule has 1 fully saturated rings. The van der Waals surface area contributed by atoms with Crippen molar-refractivity contribution in [3.05, 3.63) is 0 Å². The van der Waals surface area contributed by atoms with Crippen LogP contribution < -0.4 is 0 Å². The van der Waals surface area contributed by atoms with Crippen molar-refractivity contribution in [2.24, 2.45) is 5.92 Å². The molecule has 0 heterocycles. The minimum absolute atomic E-state index is 0.649. The predicted molar refractivity (Wildman–Crippen MR) is 32.3 cm³/mol. The lowest BCUT2D eigenvalue weighted by Gasteiger charge is -1.87. The van der Waals surface area contributed by atoms with E-state index in [9.17, 15) is 4.79 Å². The fourth-order valence-electron chi connectivity index (χ4n) is 0.869. The molecule has 1 aliphatic carbocycles. The molecule has 0 amide bonds. The Balaban J connectivity index is 1.80. The Morgan fingerprint density at radius 1 is 1.50 bits per heavy atom. The van der Waals surface area contributed by atoms with Gasteiger partial charge in [-0.15, -0.1) is 0 Å². The van der Waals surface area contributed by atoms with E-state index in [0.717, 1.165) is 12.3 Å². The van der Waals surface area contributed by atoms with Crippen molar-refractivity contribution >= 4 is 6.29 Å². The summed E-state index contributed by atoms with van der Waals surface area (Å²) in [7, 11) is 0. The van der Waals surface area contributed by atoms with Gasteiger partial charge in [-0.1, -0.05) is 19.3 Å². The quantitative estimate of drug-likeness (QED) is 0.504. The molecule has 1 rings (SSSR count). The lowest BCUT2D eigenvalue weighted by molar-refractivity contribution is 0.544. The van der Waals surface area contributed by atoms with Crippen LogP contribution in [0, 0.1) is 5.92 Å². The van der Waals surface area contributed by atoms with Gasteiger partial charge in [-0.3, -0.25) is 4.79 Å². The second-order valence-electron chi connectivity index (χ2n) is 2.48. The molecule has 0 aromatic heterocycles. The van der Waals surface area contributed by atoms with Gasteiger partial charge in [-0.25, -0.2) is 0 Å². The number of hydrogen-bond donors (Lipinski definition) is 0. The maximum absolute atomic E-state index is 9.68. The van der Waals surface area contributed by atoms with Crippen LogP contribution in [0.5, 0.6) is 0 Å². The zero-order chi connectivity index (χ0) is 5.82. The SMILES string of the molecule is O=[C]CCCC1CC1. The normalized spacial score (nSPS) is 18.5. The van der Waals surface area contributed by atoms with Gasteiger partial charge in [-0.05, 0) is 12.3 Å². The largest absolute Gasteiger partial charge is 0.291 e. The van der Waals surface area contributed by atoms with E-state index >= 15 is 0 Å². The van der Waals surface area contributed by atoms with Gasteiger partial charge in [0.15, 0.2) is 6.29 Å². The number of hydrogen-bond acceptors (Lipinski definition) is 1. The predicted octanol–water partition coefficient (Wildman–Crippen LogP) is 1.68. The fraction of sp³-hybridized carbons (Fsp3) is 0.857. The summed E-state index contributed by atoms with van der Waals surface area (Å²) >= 11 is 0. The first kappa shape index (κ1) is 5.80. The third-order valence-corrected chi connectivity index (χ3v) is 1.59. The molecule has 45 valence electrons.